The fourth-order valence-corrected chi connectivity index (χ4v) is 2.42. The van der Waals surface area contributed by atoms with Crippen LogP contribution in [0.1, 0.15) is 34.8 Å². The van der Waals surface area contributed by atoms with Crippen molar-refractivity contribution in [2.24, 2.45) is 0 Å². The zero-order chi connectivity index (χ0) is 18.9. The second-order valence-corrected chi connectivity index (χ2v) is 5.77. The van der Waals surface area contributed by atoms with Gasteiger partial charge in [-0.2, -0.15) is 0 Å². The summed E-state index contributed by atoms with van der Waals surface area (Å²) in [5, 5.41) is 0. The van der Waals surface area contributed by atoms with Crippen LogP contribution in [0.2, 0.25) is 0 Å². The van der Waals surface area contributed by atoms with Crippen LogP contribution in [-0.2, 0) is 17.6 Å². The van der Waals surface area contributed by atoms with Crippen LogP contribution in [0.4, 0.5) is 0 Å². The van der Waals surface area contributed by atoms with Gasteiger partial charge in [0.25, 0.3) is 5.91 Å². The van der Waals surface area contributed by atoms with E-state index in [1.54, 1.807) is 32.4 Å². The van der Waals surface area contributed by atoms with Crippen molar-refractivity contribution in [3.63, 3.8) is 0 Å². The third-order valence-electron chi connectivity index (χ3n) is 3.99. The van der Waals surface area contributed by atoms with Crippen LogP contribution < -0.4 is 20.3 Å². The van der Waals surface area contributed by atoms with Gasteiger partial charge in [0.1, 0.15) is 11.5 Å². The van der Waals surface area contributed by atoms with Crippen molar-refractivity contribution in [2.45, 2.75) is 26.2 Å². The molecule has 2 rings (SSSR count). The lowest BCUT2D eigenvalue weighted by Crippen LogP contribution is -2.41. The molecule has 0 aromatic heterocycles. The largest absolute Gasteiger partial charge is 0.497 e. The Morgan fingerprint density at radius 1 is 0.885 bits per heavy atom. The predicted octanol–water partition coefficient (Wildman–Crippen LogP) is 2.66. The fraction of sp³-hybridized carbons (Fsp3) is 0.300. The average Bonchev–Trinajstić information content (AvgIpc) is 2.70. The molecule has 0 saturated carbocycles. The minimum Gasteiger partial charge on any atom is -0.497 e. The molecule has 0 radical (unpaired) electrons. The zero-order valence-corrected chi connectivity index (χ0v) is 15.3. The van der Waals surface area contributed by atoms with Crippen molar-refractivity contribution in [3.05, 3.63) is 59.2 Å². The molecule has 0 spiro atoms. The first-order chi connectivity index (χ1) is 12.5. The van der Waals surface area contributed by atoms with Crippen LogP contribution in [0.25, 0.3) is 0 Å². The summed E-state index contributed by atoms with van der Waals surface area (Å²) in [5.41, 5.74) is 7.43. The first-order valence-electron chi connectivity index (χ1n) is 8.45. The topological polar surface area (TPSA) is 76.7 Å². The number of carbonyl (C=O) groups is 2. The summed E-state index contributed by atoms with van der Waals surface area (Å²) in [7, 11) is 3.15. The predicted molar refractivity (Wildman–Crippen MR) is 99.3 cm³/mol. The quantitative estimate of drug-likeness (QED) is 0.748. The van der Waals surface area contributed by atoms with Gasteiger partial charge in [-0.3, -0.25) is 20.4 Å². The number of ether oxygens (including phenoxy) is 2. The molecule has 2 aromatic carbocycles. The summed E-state index contributed by atoms with van der Waals surface area (Å²) < 4.78 is 10.4. The number of amides is 2. The molecule has 0 aliphatic carbocycles. The van der Waals surface area contributed by atoms with Crippen molar-refractivity contribution in [1.82, 2.24) is 10.9 Å². The summed E-state index contributed by atoms with van der Waals surface area (Å²) in [4.78, 5) is 24.0. The van der Waals surface area contributed by atoms with Gasteiger partial charge in [-0.15, -0.1) is 0 Å². The third kappa shape index (κ3) is 5.51. The van der Waals surface area contributed by atoms with Crippen LogP contribution in [0.3, 0.4) is 0 Å². The van der Waals surface area contributed by atoms with E-state index in [0.29, 0.717) is 23.5 Å². The Hall–Kier alpha value is -3.02. The number of rotatable bonds is 7. The lowest BCUT2D eigenvalue weighted by Gasteiger charge is -2.10. The van der Waals surface area contributed by atoms with Gasteiger partial charge in [0.05, 0.1) is 14.2 Å². The highest BCUT2D eigenvalue weighted by atomic mass is 16.5. The van der Waals surface area contributed by atoms with E-state index in [-0.39, 0.29) is 18.2 Å². The summed E-state index contributed by atoms with van der Waals surface area (Å²) in [6.07, 6.45) is 1.64. The Morgan fingerprint density at radius 3 is 2.04 bits per heavy atom. The van der Waals surface area contributed by atoms with Crippen LogP contribution in [0, 0.1) is 0 Å². The molecular weight excluding hydrogens is 332 g/mol. The number of hydrogen-bond acceptors (Lipinski definition) is 4. The molecule has 2 aromatic rings. The van der Waals surface area contributed by atoms with E-state index in [9.17, 15) is 9.59 Å². The number of hydrazine groups is 1. The first kappa shape index (κ1) is 19.3. The van der Waals surface area contributed by atoms with E-state index in [1.807, 2.05) is 31.2 Å². The highest BCUT2D eigenvalue weighted by Crippen LogP contribution is 2.23. The lowest BCUT2D eigenvalue weighted by molar-refractivity contribution is -0.121. The van der Waals surface area contributed by atoms with E-state index in [1.165, 1.54) is 0 Å². The van der Waals surface area contributed by atoms with Crippen molar-refractivity contribution < 1.29 is 19.1 Å². The van der Waals surface area contributed by atoms with Crippen molar-refractivity contribution in [2.75, 3.05) is 14.2 Å². The van der Waals surface area contributed by atoms with Crippen LogP contribution in [-0.4, -0.2) is 26.0 Å². The van der Waals surface area contributed by atoms with Crippen molar-refractivity contribution in [3.8, 4) is 11.5 Å². The summed E-state index contributed by atoms with van der Waals surface area (Å²) in [6.45, 7) is 2.05. The SMILES string of the molecule is CCc1ccc(C(=O)NNC(=O)CCc2cc(OC)cc(OC)c2)cc1. The lowest BCUT2D eigenvalue weighted by atomic mass is 10.1. The molecule has 26 heavy (non-hydrogen) atoms. The van der Waals surface area contributed by atoms with Crippen LogP contribution in [0.15, 0.2) is 42.5 Å². The van der Waals surface area contributed by atoms with Gasteiger partial charge in [0.15, 0.2) is 0 Å². The molecule has 0 fully saturated rings. The average molecular weight is 356 g/mol. The second-order valence-electron chi connectivity index (χ2n) is 5.77. The Bertz CT molecular complexity index is 735. The molecule has 2 amide bonds. The number of methoxy groups -OCH3 is 2. The standard InChI is InChI=1S/C20H24N2O4/c1-4-14-5-8-16(9-6-14)20(24)22-21-19(23)10-7-15-11-17(25-2)13-18(12-15)26-3/h5-6,8-9,11-13H,4,7,10H2,1-3H3,(H,21,23)(H,22,24). The minimum atomic E-state index is -0.343. The summed E-state index contributed by atoms with van der Waals surface area (Å²) in [6, 6.07) is 12.7. The first-order valence-corrected chi connectivity index (χ1v) is 8.45. The molecule has 0 heterocycles. The third-order valence-corrected chi connectivity index (χ3v) is 3.99. The number of aryl methyl sites for hydroxylation is 2. The van der Waals surface area contributed by atoms with Gasteiger partial charge in [-0.25, -0.2) is 0 Å². The molecule has 6 nitrogen and oxygen atoms in total. The number of carbonyl (C=O) groups excluding carboxylic acids is 2. The van der Waals surface area contributed by atoms with Crippen molar-refractivity contribution >= 4 is 11.8 Å². The van der Waals surface area contributed by atoms with Crippen LogP contribution >= 0.6 is 0 Å². The van der Waals surface area contributed by atoms with Gasteiger partial charge in [-0.1, -0.05) is 19.1 Å². The maximum atomic E-state index is 12.0. The van der Waals surface area contributed by atoms with Crippen LogP contribution in [0.5, 0.6) is 11.5 Å². The molecule has 138 valence electrons. The Morgan fingerprint density at radius 2 is 1.50 bits per heavy atom. The van der Waals surface area contributed by atoms with Gasteiger partial charge in [0.2, 0.25) is 5.91 Å². The van der Waals surface area contributed by atoms with E-state index < -0.39 is 0 Å². The van der Waals surface area contributed by atoms with E-state index in [4.69, 9.17) is 9.47 Å². The molecule has 0 atom stereocenters. The number of nitrogens with one attached hydrogen (secondary N) is 2. The highest BCUT2D eigenvalue weighted by Gasteiger charge is 2.09. The molecule has 0 bridgehead atoms. The highest BCUT2D eigenvalue weighted by molar-refractivity contribution is 5.95. The smallest absolute Gasteiger partial charge is 0.269 e. The monoisotopic (exact) mass is 356 g/mol. The molecule has 2 N–H and O–H groups in total. The molecular formula is C20H24N2O4. The normalized spacial score (nSPS) is 10.1. The fourth-order valence-electron chi connectivity index (χ4n) is 2.42. The second kappa shape index (κ2) is 9.46. The number of hydrogen-bond donors (Lipinski definition) is 2. The maximum Gasteiger partial charge on any atom is 0.269 e. The molecule has 0 aliphatic rings. The van der Waals surface area contributed by atoms with E-state index in [2.05, 4.69) is 10.9 Å². The van der Waals surface area contributed by atoms with Gasteiger partial charge in [0, 0.05) is 18.1 Å². The molecule has 0 aliphatic heterocycles. The van der Waals surface area contributed by atoms with E-state index >= 15 is 0 Å². The molecule has 6 heteroatoms. The Kier molecular flexibility index (Phi) is 7.02. The van der Waals surface area contributed by atoms with E-state index in [0.717, 1.165) is 17.5 Å². The zero-order valence-electron chi connectivity index (χ0n) is 15.3. The minimum absolute atomic E-state index is 0.228. The summed E-state index contributed by atoms with van der Waals surface area (Å²) >= 11 is 0. The summed E-state index contributed by atoms with van der Waals surface area (Å²) in [5.74, 6) is 0.724. The molecule has 0 unspecified atom stereocenters. The Labute approximate surface area is 153 Å². The van der Waals surface area contributed by atoms with Crippen molar-refractivity contribution in [1.29, 1.82) is 0 Å². The Balaban J connectivity index is 1.84. The maximum absolute atomic E-state index is 12.0. The van der Waals surface area contributed by atoms with Gasteiger partial charge in [-0.05, 0) is 48.2 Å². The van der Waals surface area contributed by atoms with Gasteiger partial charge >= 0.3 is 0 Å². The molecule has 0 saturated heterocycles. The van der Waals surface area contributed by atoms with Gasteiger partial charge < -0.3 is 9.47 Å². The number of benzene rings is 2.